The van der Waals surface area contributed by atoms with Gasteiger partial charge in [0.2, 0.25) is 0 Å². The molecule has 0 saturated carbocycles. The van der Waals surface area contributed by atoms with Crippen LogP contribution < -0.4 is 10.5 Å². The van der Waals surface area contributed by atoms with Crippen molar-refractivity contribution in [1.29, 1.82) is 0 Å². The molecule has 0 aliphatic carbocycles. The number of amides is 1. The summed E-state index contributed by atoms with van der Waals surface area (Å²) in [5, 5.41) is 3.85. The third kappa shape index (κ3) is 4.35. The molecule has 0 aliphatic rings. The lowest BCUT2D eigenvalue weighted by Crippen LogP contribution is -2.26. The predicted molar refractivity (Wildman–Crippen MR) is 94.0 cm³/mol. The molecule has 0 atom stereocenters. The molecule has 0 bridgehead atoms. The molecule has 5 nitrogen and oxygen atoms in total. The largest absolute Gasteiger partial charge is 0.489 e. The van der Waals surface area contributed by atoms with E-state index in [1.165, 1.54) is 0 Å². The maximum Gasteiger partial charge on any atom is 0.271 e. The number of benzene rings is 2. The highest BCUT2D eigenvalue weighted by Crippen LogP contribution is 2.21. The standard InChI is InChI=1S/C19H22N2O3/c1-4-24-21-18(19(20)22)16-8-6-5-7-15(16)12-23-17-11-13(2)9-10-14(17)3/h5-11H,4,12H2,1-3H3,(H2,20,22). The Morgan fingerprint density at radius 3 is 2.62 bits per heavy atom. The highest BCUT2D eigenvalue weighted by atomic mass is 16.6. The van der Waals surface area contributed by atoms with E-state index < -0.39 is 5.91 Å². The number of carbonyl (C=O) groups excluding carboxylic acids is 1. The summed E-state index contributed by atoms with van der Waals surface area (Å²) in [5.41, 5.74) is 9.14. The SMILES string of the molecule is CCON=C(C(N)=O)c1ccccc1COc1cc(C)ccc1C. The monoisotopic (exact) mass is 326 g/mol. The Bertz CT molecular complexity index is 754. The van der Waals surface area contributed by atoms with Crippen LogP contribution in [0.4, 0.5) is 0 Å². The number of rotatable bonds is 7. The number of hydrogen-bond acceptors (Lipinski definition) is 4. The Kier molecular flexibility index (Phi) is 5.95. The molecule has 126 valence electrons. The molecule has 0 aliphatic heterocycles. The zero-order valence-electron chi connectivity index (χ0n) is 14.2. The lowest BCUT2D eigenvalue weighted by atomic mass is 10.0. The van der Waals surface area contributed by atoms with E-state index in [2.05, 4.69) is 5.16 Å². The van der Waals surface area contributed by atoms with Gasteiger partial charge >= 0.3 is 0 Å². The molecule has 2 rings (SSSR count). The number of carbonyl (C=O) groups is 1. The maximum absolute atomic E-state index is 11.7. The van der Waals surface area contributed by atoms with Gasteiger partial charge in [0.15, 0.2) is 5.71 Å². The van der Waals surface area contributed by atoms with Gasteiger partial charge < -0.3 is 15.3 Å². The topological polar surface area (TPSA) is 73.9 Å². The quantitative estimate of drug-likeness (QED) is 0.627. The van der Waals surface area contributed by atoms with Crippen molar-refractivity contribution < 1.29 is 14.4 Å². The zero-order chi connectivity index (χ0) is 17.5. The maximum atomic E-state index is 11.7. The van der Waals surface area contributed by atoms with E-state index in [-0.39, 0.29) is 5.71 Å². The first-order valence-corrected chi connectivity index (χ1v) is 7.81. The fourth-order valence-electron chi connectivity index (χ4n) is 2.25. The van der Waals surface area contributed by atoms with Crippen LogP contribution in [0, 0.1) is 13.8 Å². The van der Waals surface area contributed by atoms with Crippen molar-refractivity contribution in [2.75, 3.05) is 6.61 Å². The molecule has 0 spiro atoms. The molecule has 0 radical (unpaired) electrons. The van der Waals surface area contributed by atoms with Crippen molar-refractivity contribution in [2.45, 2.75) is 27.4 Å². The minimum Gasteiger partial charge on any atom is -0.489 e. The van der Waals surface area contributed by atoms with Crippen LogP contribution in [0.25, 0.3) is 0 Å². The Labute approximate surface area is 142 Å². The average molecular weight is 326 g/mol. The summed E-state index contributed by atoms with van der Waals surface area (Å²) in [5.74, 6) is 0.176. The minimum absolute atomic E-state index is 0.0945. The number of oxime groups is 1. The second-order valence-electron chi connectivity index (χ2n) is 5.44. The molecule has 5 heteroatoms. The first kappa shape index (κ1) is 17.5. The van der Waals surface area contributed by atoms with Gasteiger partial charge in [-0.05, 0) is 43.5 Å². The molecule has 2 aromatic rings. The van der Waals surface area contributed by atoms with Crippen LogP contribution in [0.15, 0.2) is 47.6 Å². The summed E-state index contributed by atoms with van der Waals surface area (Å²) in [4.78, 5) is 16.7. The highest BCUT2D eigenvalue weighted by molar-refractivity contribution is 6.45. The van der Waals surface area contributed by atoms with E-state index in [0.717, 1.165) is 22.4 Å². The van der Waals surface area contributed by atoms with E-state index in [4.69, 9.17) is 15.3 Å². The fraction of sp³-hybridized carbons (Fsp3) is 0.263. The van der Waals surface area contributed by atoms with Crippen molar-refractivity contribution in [3.05, 3.63) is 64.7 Å². The number of aryl methyl sites for hydroxylation is 2. The van der Waals surface area contributed by atoms with Gasteiger partial charge in [0.05, 0.1) is 0 Å². The van der Waals surface area contributed by atoms with Crippen molar-refractivity contribution in [3.8, 4) is 5.75 Å². The molecule has 24 heavy (non-hydrogen) atoms. The molecule has 0 heterocycles. The van der Waals surface area contributed by atoms with Crippen LogP contribution in [-0.2, 0) is 16.2 Å². The van der Waals surface area contributed by atoms with Gasteiger partial charge in [0, 0.05) is 5.56 Å². The van der Waals surface area contributed by atoms with Crippen LogP contribution in [0.3, 0.4) is 0 Å². The van der Waals surface area contributed by atoms with Gasteiger partial charge in [-0.15, -0.1) is 0 Å². The number of hydrogen-bond donors (Lipinski definition) is 1. The second kappa shape index (κ2) is 8.15. The third-order valence-corrected chi connectivity index (χ3v) is 3.52. The molecule has 1 amide bonds. The molecule has 0 fully saturated rings. The van der Waals surface area contributed by atoms with Crippen molar-refractivity contribution >= 4 is 11.6 Å². The van der Waals surface area contributed by atoms with Crippen LogP contribution in [0.5, 0.6) is 5.75 Å². The zero-order valence-corrected chi connectivity index (χ0v) is 14.2. The molecule has 2 N–H and O–H groups in total. The number of primary amides is 1. The summed E-state index contributed by atoms with van der Waals surface area (Å²) in [6.45, 7) is 6.46. The van der Waals surface area contributed by atoms with E-state index in [9.17, 15) is 4.79 Å². The average Bonchev–Trinajstić information content (AvgIpc) is 2.56. The highest BCUT2D eigenvalue weighted by Gasteiger charge is 2.16. The van der Waals surface area contributed by atoms with Crippen molar-refractivity contribution in [1.82, 2.24) is 0 Å². The van der Waals surface area contributed by atoms with Crippen LogP contribution >= 0.6 is 0 Å². The Hall–Kier alpha value is -2.82. The van der Waals surface area contributed by atoms with Gasteiger partial charge in [-0.3, -0.25) is 4.79 Å². The summed E-state index contributed by atoms with van der Waals surface area (Å²) < 4.78 is 5.93. The summed E-state index contributed by atoms with van der Waals surface area (Å²) in [6, 6.07) is 13.4. The Morgan fingerprint density at radius 1 is 1.17 bits per heavy atom. The summed E-state index contributed by atoms with van der Waals surface area (Å²) in [7, 11) is 0. The number of nitrogens with zero attached hydrogens (tertiary/aromatic N) is 1. The van der Waals surface area contributed by atoms with Gasteiger partial charge in [0.25, 0.3) is 5.91 Å². The molecule has 0 saturated heterocycles. The molecular formula is C19H22N2O3. The number of nitrogens with two attached hydrogens (primary N) is 1. The van der Waals surface area contributed by atoms with Crippen LogP contribution in [0.2, 0.25) is 0 Å². The van der Waals surface area contributed by atoms with Gasteiger partial charge in [-0.1, -0.05) is 41.6 Å². The summed E-state index contributed by atoms with van der Waals surface area (Å²) >= 11 is 0. The Balaban J connectivity index is 2.28. The normalized spacial score (nSPS) is 11.2. The molecule has 2 aromatic carbocycles. The summed E-state index contributed by atoms with van der Waals surface area (Å²) in [6.07, 6.45) is 0. The first-order valence-electron chi connectivity index (χ1n) is 7.81. The number of ether oxygens (including phenoxy) is 1. The van der Waals surface area contributed by atoms with Crippen molar-refractivity contribution in [3.63, 3.8) is 0 Å². The van der Waals surface area contributed by atoms with Gasteiger partial charge in [0.1, 0.15) is 19.0 Å². The Morgan fingerprint density at radius 2 is 1.92 bits per heavy atom. The van der Waals surface area contributed by atoms with Crippen molar-refractivity contribution in [2.24, 2.45) is 10.9 Å². The molecule has 0 unspecified atom stereocenters. The van der Waals surface area contributed by atoms with Crippen LogP contribution in [0.1, 0.15) is 29.2 Å². The van der Waals surface area contributed by atoms with E-state index in [0.29, 0.717) is 18.8 Å². The van der Waals surface area contributed by atoms with E-state index in [1.54, 1.807) is 13.0 Å². The lowest BCUT2D eigenvalue weighted by molar-refractivity contribution is -0.112. The third-order valence-electron chi connectivity index (χ3n) is 3.52. The van der Waals surface area contributed by atoms with E-state index >= 15 is 0 Å². The first-order chi connectivity index (χ1) is 11.5. The van der Waals surface area contributed by atoms with Crippen LogP contribution in [-0.4, -0.2) is 18.2 Å². The minimum atomic E-state index is -0.636. The van der Waals surface area contributed by atoms with E-state index in [1.807, 2.05) is 50.2 Å². The lowest BCUT2D eigenvalue weighted by Gasteiger charge is -2.13. The molecule has 0 aromatic heterocycles. The van der Waals surface area contributed by atoms with Gasteiger partial charge in [-0.25, -0.2) is 0 Å². The smallest absolute Gasteiger partial charge is 0.271 e. The predicted octanol–water partition coefficient (Wildman–Crippen LogP) is 3.11. The fourth-order valence-corrected chi connectivity index (χ4v) is 2.25. The second-order valence-corrected chi connectivity index (χ2v) is 5.44. The molecular weight excluding hydrogens is 304 g/mol. The van der Waals surface area contributed by atoms with Gasteiger partial charge in [-0.2, -0.15) is 0 Å².